The maximum absolute atomic E-state index is 13.4. The molecule has 2 saturated heterocycles. The smallest absolute Gasteiger partial charge is 0.321 e. The van der Waals surface area contributed by atoms with Gasteiger partial charge < -0.3 is 10.1 Å². The molecule has 2 unspecified atom stereocenters. The van der Waals surface area contributed by atoms with Crippen LogP contribution in [-0.4, -0.2) is 42.8 Å². The molecular weight excluding hydrogens is 442 g/mol. The summed E-state index contributed by atoms with van der Waals surface area (Å²) in [6.07, 6.45) is 1.22. The second-order valence-electron chi connectivity index (χ2n) is 7.90. The zero-order chi connectivity index (χ0) is 22.2. The molecule has 2 aromatic rings. The Balaban J connectivity index is 1.55. The maximum atomic E-state index is 13.4. The van der Waals surface area contributed by atoms with E-state index >= 15 is 0 Å². The molecule has 2 aromatic carbocycles. The number of ether oxygens (including phenoxy) is 1. The van der Waals surface area contributed by atoms with Gasteiger partial charge in [0, 0.05) is 17.6 Å². The van der Waals surface area contributed by atoms with Gasteiger partial charge >= 0.3 is 6.03 Å². The lowest BCUT2D eigenvalue weighted by atomic mass is 9.86. The topological polar surface area (TPSA) is 105 Å². The molecule has 2 N–H and O–H groups in total. The molecule has 2 fully saturated rings. The van der Waals surface area contributed by atoms with E-state index in [9.17, 15) is 18.0 Å². The molecule has 2 heterocycles. The number of rotatable bonds is 5. The Labute approximate surface area is 185 Å². The van der Waals surface area contributed by atoms with Crippen LogP contribution >= 0.6 is 11.6 Å². The maximum Gasteiger partial charge on any atom is 0.321 e. The third kappa shape index (κ3) is 4.39. The lowest BCUT2D eigenvalue weighted by molar-refractivity contribution is -0.122. The Kier molecular flexibility index (Phi) is 5.67. The Morgan fingerprint density at radius 2 is 1.68 bits per heavy atom. The van der Waals surface area contributed by atoms with Crippen molar-refractivity contribution in [2.75, 3.05) is 6.54 Å². The van der Waals surface area contributed by atoms with E-state index in [1.54, 1.807) is 43.3 Å². The number of sulfonamides is 1. The predicted octanol–water partition coefficient (Wildman–Crippen LogP) is 3.27. The molecule has 0 aliphatic carbocycles. The van der Waals surface area contributed by atoms with E-state index in [0.29, 0.717) is 35.9 Å². The standard InChI is InChI=1S/C21H22ClN3O5S/c1-21(13-19(26)23-20(27)24-21)18-3-2-12-25(18)31(28,29)17-10-8-16(9-11-17)30-15-6-4-14(22)5-7-15/h4-11,18H,2-3,12-13H2,1H3,(H2,23,24,26,27). The summed E-state index contributed by atoms with van der Waals surface area (Å²) in [6.45, 7) is 2.04. The number of urea groups is 1. The number of carbonyl (C=O) groups is 2. The number of nitrogens with one attached hydrogen (secondary N) is 2. The summed E-state index contributed by atoms with van der Waals surface area (Å²) in [5.74, 6) is 0.653. The van der Waals surface area contributed by atoms with E-state index in [4.69, 9.17) is 16.3 Å². The molecule has 0 spiro atoms. The summed E-state index contributed by atoms with van der Waals surface area (Å²) in [7, 11) is -3.83. The first-order chi connectivity index (χ1) is 14.7. The number of nitrogens with zero attached hydrogens (tertiary/aromatic N) is 1. The molecule has 0 saturated carbocycles. The van der Waals surface area contributed by atoms with Gasteiger partial charge in [0.1, 0.15) is 11.5 Å². The molecule has 3 amide bonds. The summed E-state index contributed by atoms with van der Waals surface area (Å²) in [6, 6.07) is 11.9. The highest BCUT2D eigenvalue weighted by Gasteiger charge is 2.49. The van der Waals surface area contributed by atoms with Crippen LogP contribution in [0.25, 0.3) is 0 Å². The molecule has 0 aromatic heterocycles. The van der Waals surface area contributed by atoms with Gasteiger partial charge in [-0.05, 0) is 68.3 Å². The van der Waals surface area contributed by atoms with E-state index in [-0.39, 0.29) is 11.3 Å². The van der Waals surface area contributed by atoms with Gasteiger partial charge in [-0.15, -0.1) is 0 Å². The SMILES string of the molecule is CC1(C2CCCN2S(=O)(=O)c2ccc(Oc3ccc(Cl)cc3)cc2)CC(=O)NC(=O)N1. The molecule has 31 heavy (non-hydrogen) atoms. The molecule has 164 valence electrons. The summed E-state index contributed by atoms with van der Waals surface area (Å²) in [4.78, 5) is 23.9. The van der Waals surface area contributed by atoms with E-state index in [0.717, 1.165) is 0 Å². The third-order valence-corrected chi connectivity index (χ3v) is 7.77. The van der Waals surface area contributed by atoms with Crippen LogP contribution < -0.4 is 15.4 Å². The highest BCUT2D eigenvalue weighted by atomic mass is 35.5. The van der Waals surface area contributed by atoms with E-state index in [1.807, 2.05) is 0 Å². The first-order valence-electron chi connectivity index (χ1n) is 9.85. The van der Waals surface area contributed by atoms with Crippen LogP contribution in [0.4, 0.5) is 4.79 Å². The Bertz CT molecular complexity index is 1090. The van der Waals surface area contributed by atoms with Gasteiger partial charge in [-0.1, -0.05) is 11.6 Å². The number of amides is 3. The van der Waals surface area contributed by atoms with Gasteiger partial charge in [-0.25, -0.2) is 13.2 Å². The number of imide groups is 1. The number of carbonyl (C=O) groups excluding carboxylic acids is 2. The van der Waals surface area contributed by atoms with Crippen molar-refractivity contribution in [3.05, 3.63) is 53.6 Å². The minimum absolute atomic E-state index is 0.0172. The second kappa shape index (κ2) is 8.14. The lowest BCUT2D eigenvalue weighted by Crippen LogP contribution is -2.66. The van der Waals surface area contributed by atoms with Crippen molar-refractivity contribution >= 4 is 33.6 Å². The first-order valence-corrected chi connectivity index (χ1v) is 11.7. The summed E-state index contributed by atoms with van der Waals surface area (Å²) < 4.78 is 33.8. The van der Waals surface area contributed by atoms with Gasteiger partial charge in [0.25, 0.3) is 0 Å². The summed E-state index contributed by atoms with van der Waals surface area (Å²) >= 11 is 5.87. The largest absolute Gasteiger partial charge is 0.457 e. The zero-order valence-corrected chi connectivity index (χ0v) is 18.4. The summed E-state index contributed by atoms with van der Waals surface area (Å²) in [5.41, 5.74) is -0.972. The Morgan fingerprint density at radius 3 is 2.29 bits per heavy atom. The Hall–Kier alpha value is -2.62. The van der Waals surface area contributed by atoms with Crippen molar-refractivity contribution in [3.63, 3.8) is 0 Å². The number of halogens is 1. The quantitative estimate of drug-likeness (QED) is 0.708. The normalized spacial score (nSPS) is 24.5. The van der Waals surface area contributed by atoms with Crippen LogP contribution in [0.3, 0.4) is 0 Å². The van der Waals surface area contributed by atoms with Crippen LogP contribution in [0.2, 0.25) is 5.02 Å². The number of hydrogen-bond donors (Lipinski definition) is 2. The van der Waals surface area contributed by atoms with Crippen molar-refractivity contribution in [2.24, 2.45) is 0 Å². The zero-order valence-electron chi connectivity index (χ0n) is 16.8. The van der Waals surface area contributed by atoms with Gasteiger partial charge in [-0.3, -0.25) is 10.1 Å². The monoisotopic (exact) mass is 463 g/mol. The average molecular weight is 464 g/mol. The van der Waals surface area contributed by atoms with Crippen molar-refractivity contribution in [3.8, 4) is 11.5 Å². The molecule has 4 rings (SSSR count). The third-order valence-electron chi connectivity index (χ3n) is 5.60. The molecule has 2 aliphatic heterocycles. The minimum Gasteiger partial charge on any atom is -0.457 e. The van der Waals surface area contributed by atoms with Gasteiger partial charge in [0.2, 0.25) is 15.9 Å². The number of benzene rings is 2. The molecule has 8 nitrogen and oxygen atoms in total. The van der Waals surface area contributed by atoms with Gasteiger partial charge in [0.15, 0.2) is 0 Å². The van der Waals surface area contributed by atoms with Crippen LogP contribution in [0, 0.1) is 0 Å². The fourth-order valence-corrected chi connectivity index (χ4v) is 6.08. The average Bonchev–Trinajstić information content (AvgIpc) is 3.21. The highest BCUT2D eigenvalue weighted by molar-refractivity contribution is 7.89. The predicted molar refractivity (Wildman–Crippen MR) is 115 cm³/mol. The molecule has 0 bridgehead atoms. The van der Waals surface area contributed by atoms with Crippen molar-refractivity contribution in [2.45, 2.75) is 42.7 Å². The van der Waals surface area contributed by atoms with E-state index < -0.39 is 33.5 Å². The molecule has 10 heteroatoms. The first kappa shape index (κ1) is 21.6. The fourth-order valence-electron chi connectivity index (χ4n) is 4.16. The second-order valence-corrected chi connectivity index (χ2v) is 10.2. The van der Waals surface area contributed by atoms with Crippen LogP contribution in [-0.2, 0) is 14.8 Å². The number of hydrogen-bond acceptors (Lipinski definition) is 5. The molecule has 2 aliphatic rings. The molecule has 2 atom stereocenters. The van der Waals surface area contributed by atoms with Crippen molar-refractivity contribution < 1.29 is 22.7 Å². The highest BCUT2D eigenvalue weighted by Crippen LogP contribution is 2.35. The van der Waals surface area contributed by atoms with E-state index in [1.165, 1.54) is 16.4 Å². The van der Waals surface area contributed by atoms with Crippen LogP contribution in [0.5, 0.6) is 11.5 Å². The van der Waals surface area contributed by atoms with Crippen molar-refractivity contribution in [1.82, 2.24) is 14.9 Å². The van der Waals surface area contributed by atoms with Crippen molar-refractivity contribution in [1.29, 1.82) is 0 Å². The summed E-state index contributed by atoms with van der Waals surface area (Å²) in [5, 5.41) is 5.54. The lowest BCUT2D eigenvalue weighted by Gasteiger charge is -2.42. The van der Waals surface area contributed by atoms with Crippen LogP contribution in [0.15, 0.2) is 53.4 Å². The van der Waals surface area contributed by atoms with Gasteiger partial charge in [-0.2, -0.15) is 4.31 Å². The molecule has 0 radical (unpaired) electrons. The Morgan fingerprint density at radius 1 is 1.06 bits per heavy atom. The molecular formula is C21H22ClN3O5S. The van der Waals surface area contributed by atoms with Crippen LogP contribution in [0.1, 0.15) is 26.2 Å². The minimum atomic E-state index is -3.83. The fraction of sp³-hybridized carbons (Fsp3) is 0.333. The van der Waals surface area contributed by atoms with Gasteiger partial charge in [0.05, 0.1) is 16.9 Å². The van der Waals surface area contributed by atoms with E-state index in [2.05, 4.69) is 10.6 Å².